The van der Waals surface area contributed by atoms with E-state index in [-0.39, 0.29) is 23.5 Å². The summed E-state index contributed by atoms with van der Waals surface area (Å²) in [4.78, 5) is 14.2. The standard InChI is InChI=1S/C14H28N2O2/c1-10(14(3,4)5)6-13(17)16-8-11(2)18-12(7-15)9-16/h10-12H,6-9,15H2,1-5H3. The fourth-order valence-electron chi connectivity index (χ4n) is 2.08. The van der Waals surface area contributed by atoms with Gasteiger partial charge in [-0.3, -0.25) is 4.79 Å². The van der Waals surface area contributed by atoms with Crippen LogP contribution in [0, 0.1) is 11.3 Å². The molecule has 18 heavy (non-hydrogen) atoms. The quantitative estimate of drug-likeness (QED) is 0.835. The van der Waals surface area contributed by atoms with Crippen LogP contribution in [0.5, 0.6) is 0 Å². The molecule has 0 saturated carbocycles. The van der Waals surface area contributed by atoms with Crippen LogP contribution in [0.2, 0.25) is 0 Å². The lowest BCUT2D eigenvalue weighted by Crippen LogP contribution is -2.51. The van der Waals surface area contributed by atoms with E-state index in [1.807, 2.05) is 11.8 Å². The van der Waals surface area contributed by atoms with E-state index in [0.29, 0.717) is 32.0 Å². The molecule has 1 aliphatic rings. The lowest BCUT2D eigenvalue weighted by Gasteiger charge is -2.37. The number of carbonyl (C=O) groups is 1. The molecule has 1 amide bonds. The SMILES string of the molecule is CC1CN(C(=O)CC(C)C(C)(C)C)CC(CN)O1. The Morgan fingerprint density at radius 3 is 2.56 bits per heavy atom. The van der Waals surface area contributed by atoms with E-state index in [4.69, 9.17) is 10.5 Å². The molecule has 1 fully saturated rings. The number of morpholine rings is 1. The van der Waals surface area contributed by atoms with Crippen molar-refractivity contribution in [2.45, 2.75) is 53.2 Å². The topological polar surface area (TPSA) is 55.6 Å². The Kier molecular flexibility index (Phi) is 5.17. The van der Waals surface area contributed by atoms with E-state index in [1.165, 1.54) is 0 Å². The van der Waals surface area contributed by atoms with Crippen LogP contribution >= 0.6 is 0 Å². The molecule has 0 aromatic rings. The molecule has 0 aliphatic carbocycles. The normalized spacial score (nSPS) is 27.1. The zero-order valence-electron chi connectivity index (χ0n) is 12.4. The van der Waals surface area contributed by atoms with Crippen molar-refractivity contribution in [3.63, 3.8) is 0 Å². The second-order valence-electron chi connectivity index (χ2n) is 6.57. The summed E-state index contributed by atoms with van der Waals surface area (Å²) in [6.45, 7) is 12.5. The minimum absolute atomic E-state index is 0.0114. The maximum absolute atomic E-state index is 12.3. The van der Waals surface area contributed by atoms with Gasteiger partial charge in [0.1, 0.15) is 0 Å². The summed E-state index contributed by atoms with van der Waals surface area (Å²) >= 11 is 0. The van der Waals surface area contributed by atoms with Crippen LogP contribution in [0.25, 0.3) is 0 Å². The van der Waals surface area contributed by atoms with Crippen molar-refractivity contribution in [3.8, 4) is 0 Å². The summed E-state index contributed by atoms with van der Waals surface area (Å²) in [6, 6.07) is 0. The van der Waals surface area contributed by atoms with Crippen LogP contribution in [-0.2, 0) is 9.53 Å². The Balaban J connectivity index is 2.56. The fraction of sp³-hybridized carbons (Fsp3) is 0.929. The Morgan fingerprint density at radius 2 is 2.06 bits per heavy atom. The number of amides is 1. The first-order valence-corrected chi connectivity index (χ1v) is 6.87. The van der Waals surface area contributed by atoms with Gasteiger partial charge >= 0.3 is 0 Å². The van der Waals surface area contributed by atoms with Gasteiger partial charge in [-0.2, -0.15) is 0 Å². The van der Waals surface area contributed by atoms with Crippen LogP contribution in [0.1, 0.15) is 41.0 Å². The summed E-state index contributed by atoms with van der Waals surface area (Å²) in [6.07, 6.45) is 0.678. The van der Waals surface area contributed by atoms with E-state index in [9.17, 15) is 4.79 Å². The van der Waals surface area contributed by atoms with Crippen molar-refractivity contribution in [1.82, 2.24) is 4.90 Å². The lowest BCUT2D eigenvalue weighted by atomic mass is 9.80. The van der Waals surface area contributed by atoms with Gasteiger partial charge in [0.2, 0.25) is 5.91 Å². The first kappa shape index (κ1) is 15.4. The van der Waals surface area contributed by atoms with Crippen molar-refractivity contribution in [1.29, 1.82) is 0 Å². The van der Waals surface area contributed by atoms with Crippen molar-refractivity contribution < 1.29 is 9.53 Å². The monoisotopic (exact) mass is 256 g/mol. The summed E-state index contributed by atoms with van der Waals surface area (Å²) in [5, 5.41) is 0. The Labute approximate surface area is 111 Å². The van der Waals surface area contributed by atoms with Gasteiger partial charge in [0.05, 0.1) is 12.2 Å². The van der Waals surface area contributed by atoms with Crippen LogP contribution in [0.3, 0.4) is 0 Å². The van der Waals surface area contributed by atoms with E-state index in [2.05, 4.69) is 27.7 Å². The number of ether oxygens (including phenoxy) is 1. The van der Waals surface area contributed by atoms with Crippen LogP contribution in [0.4, 0.5) is 0 Å². The Morgan fingerprint density at radius 1 is 1.44 bits per heavy atom. The molecule has 1 saturated heterocycles. The zero-order chi connectivity index (χ0) is 13.9. The molecule has 0 spiro atoms. The van der Waals surface area contributed by atoms with E-state index in [1.54, 1.807) is 0 Å². The molecule has 0 aromatic heterocycles. The summed E-state index contributed by atoms with van der Waals surface area (Å²) in [5.41, 5.74) is 5.80. The molecule has 0 bridgehead atoms. The van der Waals surface area contributed by atoms with Gasteiger partial charge in [-0.1, -0.05) is 27.7 Å². The molecule has 0 radical (unpaired) electrons. The highest BCUT2D eigenvalue weighted by molar-refractivity contribution is 5.76. The highest BCUT2D eigenvalue weighted by atomic mass is 16.5. The molecule has 2 N–H and O–H groups in total. The number of hydrogen-bond acceptors (Lipinski definition) is 3. The molecule has 0 aromatic carbocycles. The van der Waals surface area contributed by atoms with Crippen LogP contribution in [-0.4, -0.2) is 42.6 Å². The molecule has 4 heteroatoms. The van der Waals surface area contributed by atoms with Gasteiger partial charge in [-0.05, 0) is 18.3 Å². The second-order valence-corrected chi connectivity index (χ2v) is 6.57. The van der Waals surface area contributed by atoms with E-state index in [0.717, 1.165) is 0 Å². The van der Waals surface area contributed by atoms with Crippen LogP contribution in [0.15, 0.2) is 0 Å². The van der Waals surface area contributed by atoms with Gasteiger partial charge in [0, 0.05) is 26.1 Å². The predicted octanol–water partition coefficient (Wildman–Crippen LogP) is 1.63. The molecule has 3 unspecified atom stereocenters. The van der Waals surface area contributed by atoms with E-state index < -0.39 is 0 Å². The van der Waals surface area contributed by atoms with Crippen molar-refractivity contribution in [2.75, 3.05) is 19.6 Å². The average molecular weight is 256 g/mol. The highest BCUT2D eigenvalue weighted by Crippen LogP contribution is 2.28. The molecule has 3 atom stereocenters. The van der Waals surface area contributed by atoms with Gasteiger partial charge in [-0.15, -0.1) is 0 Å². The third-order valence-corrected chi connectivity index (χ3v) is 3.90. The van der Waals surface area contributed by atoms with Gasteiger partial charge in [-0.25, -0.2) is 0 Å². The number of carbonyl (C=O) groups excluding carboxylic acids is 1. The number of rotatable bonds is 3. The summed E-state index contributed by atoms with van der Waals surface area (Å²) in [7, 11) is 0. The molecule has 4 nitrogen and oxygen atoms in total. The lowest BCUT2D eigenvalue weighted by molar-refractivity contribution is -0.145. The molecule has 106 valence electrons. The first-order chi connectivity index (χ1) is 8.24. The van der Waals surface area contributed by atoms with Crippen molar-refractivity contribution in [3.05, 3.63) is 0 Å². The molecule has 1 heterocycles. The maximum atomic E-state index is 12.3. The molecular weight excluding hydrogens is 228 g/mol. The van der Waals surface area contributed by atoms with E-state index >= 15 is 0 Å². The largest absolute Gasteiger partial charge is 0.370 e. The number of nitrogens with zero attached hydrogens (tertiary/aromatic N) is 1. The Bertz CT molecular complexity index is 286. The second kappa shape index (κ2) is 6.02. The molecular formula is C14H28N2O2. The third kappa shape index (κ3) is 4.25. The average Bonchev–Trinajstić information content (AvgIpc) is 2.26. The number of nitrogens with two attached hydrogens (primary N) is 1. The maximum Gasteiger partial charge on any atom is 0.223 e. The summed E-state index contributed by atoms with van der Waals surface area (Å²) in [5.74, 6) is 0.602. The third-order valence-electron chi connectivity index (χ3n) is 3.90. The minimum atomic E-state index is -0.0114. The number of hydrogen-bond donors (Lipinski definition) is 1. The Hall–Kier alpha value is -0.610. The summed E-state index contributed by atoms with van der Waals surface area (Å²) < 4.78 is 5.67. The molecule has 1 rings (SSSR count). The van der Waals surface area contributed by atoms with Gasteiger partial charge in [0.15, 0.2) is 0 Å². The minimum Gasteiger partial charge on any atom is -0.370 e. The first-order valence-electron chi connectivity index (χ1n) is 6.87. The highest BCUT2D eigenvalue weighted by Gasteiger charge is 2.30. The van der Waals surface area contributed by atoms with Gasteiger partial charge < -0.3 is 15.4 Å². The van der Waals surface area contributed by atoms with Gasteiger partial charge in [0.25, 0.3) is 0 Å². The predicted molar refractivity (Wildman–Crippen MR) is 73.2 cm³/mol. The fourth-order valence-corrected chi connectivity index (χ4v) is 2.08. The van der Waals surface area contributed by atoms with Crippen molar-refractivity contribution >= 4 is 5.91 Å². The zero-order valence-corrected chi connectivity index (χ0v) is 12.4. The van der Waals surface area contributed by atoms with Crippen molar-refractivity contribution in [2.24, 2.45) is 17.1 Å². The molecule has 1 aliphatic heterocycles. The smallest absolute Gasteiger partial charge is 0.223 e. The van der Waals surface area contributed by atoms with Crippen LogP contribution < -0.4 is 5.73 Å².